The Morgan fingerprint density at radius 3 is 2.62 bits per heavy atom. The van der Waals surface area contributed by atoms with E-state index in [0.717, 1.165) is 25.5 Å². The maximum atomic E-state index is 9.89. The van der Waals surface area contributed by atoms with Crippen LogP contribution < -0.4 is 5.32 Å². The monoisotopic (exact) mass is 227 g/mol. The van der Waals surface area contributed by atoms with Crippen LogP contribution in [0.25, 0.3) is 0 Å². The van der Waals surface area contributed by atoms with Crippen LogP contribution in [0.15, 0.2) is 0 Å². The Balaban J connectivity index is 1.71. The molecule has 3 nitrogen and oxygen atoms in total. The Bertz CT molecular complexity index is 202. The zero-order valence-electron chi connectivity index (χ0n) is 10.3. The van der Waals surface area contributed by atoms with Crippen LogP contribution in [0.2, 0.25) is 0 Å². The van der Waals surface area contributed by atoms with Crippen molar-refractivity contribution >= 4 is 0 Å². The van der Waals surface area contributed by atoms with Gasteiger partial charge in [0.1, 0.15) is 0 Å². The van der Waals surface area contributed by atoms with Gasteiger partial charge in [-0.1, -0.05) is 12.8 Å². The molecule has 0 saturated heterocycles. The molecule has 2 saturated carbocycles. The lowest BCUT2D eigenvalue weighted by Crippen LogP contribution is -2.41. The maximum absolute atomic E-state index is 9.89. The van der Waals surface area contributed by atoms with Crippen molar-refractivity contribution in [2.75, 3.05) is 20.3 Å². The fourth-order valence-corrected chi connectivity index (χ4v) is 2.77. The summed E-state index contributed by atoms with van der Waals surface area (Å²) in [5, 5.41) is 13.5. The molecular weight excluding hydrogens is 202 g/mol. The molecule has 94 valence electrons. The van der Waals surface area contributed by atoms with Crippen LogP contribution in [0.5, 0.6) is 0 Å². The number of aliphatic hydroxyl groups is 1. The van der Waals surface area contributed by atoms with E-state index in [1.54, 1.807) is 7.11 Å². The molecule has 0 amide bonds. The second-order valence-corrected chi connectivity index (χ2v) is 5.42. The first kappa shape index (κ1) is 12.3. The zero-order chi connectivity index (χ0) is 11.4. The number of aliphatic hydroxyl groups excluding tert-OH is 1. The summed E-state index contributed by atoms with van der Waals surface area (Å²) in [5.41, 5.74) is 0. The third kappa shape index (κ3) is 3.44. The third-order valence-electron chi connectivity index (χ3n) is 4.05. The van der Waals surface area contributed by atoms with Crippen LogP contribution in [0.3, 0.4) is 0 Å². The predicted octanol–water partition coefficient (Wildman–Crippen LogP) is 1.55. The molecule has 16 heavy (non-hydrogen) atoms. The van der Waals surface area contributed by atoms with Crippen molar-refractivity contribution in [3.63, 3.8) is 0 Å². The van der Waals surface area contributed by atoms with Gasteiger partial charge in [0.2, 0.25) is 0 Å². The first-order valence-corrected chi connectivity index (χ1v) is 6.71. The molecule has 3 unspecified atom stereocenters. The van der Waals surface area contributed by atoms with Gasteiger partial charge in [-0.15, -0.1) is 0 Å². The fraction of sp³-hybridized carbons (Fsp3) is 1.00. The molecule has 0 heterocycles. The average molecular weight is 227 g/mol. The summed E-state index contributed by atoms with van der Waals surface area (Å²) in [6.07, 6.45) is 7.25. The quantitative estimate of drug-likeness (QED) is 0.723. The molecule has 2 aliphatic carbocycles. The van der Waals surface area contributed by atoms with Crippen molar-refractivity contribution < 1.29 is 9.84 Å². The van der Waals surface area contributed by atoms with Crippen LogP contribution in [-0.4, -0.2) is 37.5 Å². The van der Waals surface area contributed by atoms with E-state index < -0.39 is 0 Å². The molecule has 3 heteroatoms. The normalized spacial score (nSPS) is 32.6. The van der Waals surface area contributed by atoms with E-state index in [0.29, 0.717) is 12.0 Å². The molecular formula is C13H25NO2. The Morgan fingerprint density at radius 2 is 2.00 bits per heavy atom. The maximum Gasteiger partial charge on any atom is 0.0618 e. The van der Waals surface area contributed by atoms with Crippen molar-refractivity contribution in [3.05, 3.63) is 0 Å². The Labute approximate surface area is 98.6 Å². The average Bonchev–Trinajstić information content (AvgIpc) is 3.10. The highest BCUT2D eigenvalue weighted by molar-refractivity contribution is 4.87. The van der Waals surface area contributed by atoms with Gasteiger partial charge in [-0.2, -0.15) is 0 Å². The summed E-state index contributed by atoms with van der Waals surface area (Å²) in [4.78, 5) is 0. The number of rotatable bonds is 6. The van der Waals surface area contributed by atoms with Gasteiger partial charge in [0.15, 0.2) is 0 Å². The highest BCUT2D eigenvalue weighted by Crippen LogP contribution is 2.33. The van der Waals surface area contributed by atoms with E-state index in [-0.39, 0.29) is 6.10 Å². The minimum absolute atomic E-state index is 0.0800. The van der Waals surface area contributed by atoms with Crippen LogP contribution in [0.1, 0.15) is 38.5 Å². The topological polar surface area (TPSA) is 41.5 Å². The molecule has 2 fully saturated rings. The molecule has 0 aliphatic heterocycles. The largest absolute Gasteiger partial charge is 0.393 e. The first-order valence-electron chi connectivity index (χ1n) is 6.71. The van der Waals surface area contributed by atoms with Gasteiger partial charge >= 0.3 is 0 Å². The second-order valence-electron chi connectivity index (χ2n) is 5.42. The summed E-state index contributed by atoms with van der Waals surface area (Å²) in [7, 11) is 1.77. The van der Waals surface area contributed by atoms with Crippen LogP contribution in [-0.2, 0) is 4.74 Å². The van der Waals surface area contributed by atoms with Crippen LogP contribution >= 0.6 is 0 Å². The van der Waals surface area contributed by atoms with E-state index in [1.165, 1.54) is 32.1 Å². The first-order chi connectivity index (χ1) is 7.81. The van der Waals surface area contributed by atoms with Gasteiger partial charge in [-0.3, -0.25) is 0 Å². The summed E-state index contributed by atoms with van der Waals surface area (Å²) in [5.74, 6) is 1.28. The lowest BCUT2D eigenvalue weighted by molar-refractivity contribution is 0.0640. The van der Waals surface area contributed by atoms with Gasteiger partial charge in [0.25, 0.3) is 0 Å². The van der Waals surface area contributed by atoms with Crippen molar-refractivity contribution in [2.45, 2.75) is 50.7 Å². The van der Waals surface area contributed by atoms with Crippen molar-refractivity contribution in [2.24, 2.45) is 11.8 Å². The van der Waals surface area contributed by atoms with Crippen molar-refractivity contribution in [1.82, 2.24) is 5.32 Å². The predicted molar refractivity (Wildman–Crippen MR) is 64.4 cm³/mol. The highest BCUT2D eigenvalue weighted by Gasteiger charge is 2.32. The van der Waals surface area contributed by atoms with E-state index in [4.69, 9.17) is 4.74 Å². The zero-order valence-corrected chi connectivity index (χ0v) is 10.3. The summed E-state index contributed by atoms with van der Waals surface area (Å²) in [6, 6.07) is 0.513. The van der Waals surface area contributed by atoms with E-state index in [1.807, 2.05) is 0 Å². The van der Waals surface area contributed by atoms with Gasteiger partial charge in [-0.25, -0.2) is 0 Å². The third-order valence-corrected chi connectivity index (χ3v) is 4.05. The van der Waals surface area contributed by atoms with Crippen molar-refractivity contribution in [3.8, 4) is 0 Å². The standard InChI is InChI=1S/C13H25NO2/c1-16-9-12(10-6-7-10)14-8-11-4-2-3-5-13(11)15/h10-15H,2-9H2,1H3. The van der Waals surface area contributed by atoms with Crippen LogP contribution in [0.4, 0.5) is 0 Å². The van der Waals surface area contributed by atoms with Gasteiger partial charge in [0, 0.05) is 19.7 Å². The SMILES string of the molecule is COCC(NCC1CCCCC1O)C1CC1. The number of ether oxygens (including phenoxy) is 1. The minimum Gasteiger partial charge on any atom is -0.393 e. The summed E-state index contributed by atoms with van der Waals surface area (Å²) < 4.78 is 5.25. The second kappa shape index (κ2) is 5.99. The number of hydrogen-bond donors (Lipinski definition) is 2. The van der Waals surface area contributed by atoms with Crippen molar-refractivity contribution in [1.29, 1.82) is 0 Å². The Morgan fingerprint density at radius 1 is 1.25 bits per heavy atom. The molecule has 0 bridgehead atoms. The fourth-order valence-electron chi connectivity index (χ4n) is 2.77. The molecule has 0 aromatic heterocycles. The summed E-state index contributed by atoms with van der Waals surface area (Å²) in [6.45, 7) is 1.78. The van der Waals surface area contributed by atoms with E-state index >= 15 is 0 Å². The Kier molecular flexibility index (Phi) is 4.62. The lowest BCUT2D eigenvalue weighted by atomic mass is 9.86. The van der Waals surface area contributed by atoms with Gasteiger partial charge in [0.05, 0.1) is 12.7 Å². The molecule has 2 aliphatic rings. The van der Waals surface area contributed by atoms with Gasteiger partial charge in [-0.05, 0) is 37.5 Å². The molecule has 0 aromatic carbocycles. The molecule has 3 atom stereocenters. The molecule has 0 radical (unpaired) electrons. The summed E-state index contributed by atoms with van der Waals surface area (Å²) >= 11 is 0. The van der Waals surface area contributed by atoms with E-state index in [2.05, 4.69) is 5.32 Å². The molecule has 0 spiro atoms. The highest BCUT2D eigenvalue weighted by atomic mass is 16.5. The smallest absolute Gasteiger partial charge is 0.0618 e. The van der Waals surface area contributed by atoms with E-state index in [9.17, 15) is 5.11 Å². The molecule has 2 rings (SSSR count). The number of nitrogens with one attached hydrogen (secondary N) is 1. The lowest BCUT2D eigenvalue weighted by Gasteiger charge is -2.29. The van der Waals surface area contributed by atoms with Crippen LogP contribution in [0, 0.1) is 11.8 Å². The molecule has 2 N–H and O–H groups in total. The molecule has 0 aromatic rings. The van der Waals surface area contributed by atoms with Gasteiger partial charge < -0.3 is 15.2 Å². The minimum atomic E-state index is -0.0800. The Hall–Kier alpha value is -0.120. The number of hydrogen-bond acceptors (Lipinski definition) is 3. The number of methoxy groups -OCH3 is 1.